The van der Waals surface area contributed by atoms with Gasteiger partial charge in [-0.15, -0.1) is 0 Å². The van der Waals surface area contributed by atoms with Crippen LogP contribution in [0.2, 0.25) is 0 Å². The minimum absolute atomic E-state index is 0.0412. The van der Waals surface area contributed by atoms with Gasteiger partial charge in [0.2, 0.25) is 6.10 Å². The summed E-state index contributed by atoms with van der Waals surface area (Å²) in [5, 5.41) is 14.6. The van der Waals surface area contributed by atoms with Gasteiger partial charge in [0.15, 0.2) is 5.71 Å². The molecule has 0 fully saturated rings. The second-order valence-electron chi connectivity index (χ2n) is 3.82. The van der Waals surface area contributed by atoms with Gasteiger partial charge in [0.1, 0.15) is 0 Å². The zero-order valence-corrected chi connectivity index (χ0v) is 9.58. The average molecular weight is 249 g/mol. The van der Waals surface area contributed by atoms with Crippen LogP contribution in [0.25, 0.3) is 0 Å². The Kier molecular flexibility index (Phi) is 3.22. The fraction of sp³-hybridized carbons (Fsp3) is 0.273. The molecule has 2 N–H and O–H groups in total. The Labute approximate surface area is 102 Å². The molecular formula is C11H11N3O4. The van der Waals surface area contributed by atoms with E-state index >= 15 is 0 Å². The quantitative estimate of drug-likeness (QED) is 0.815. The number of carboxylic acids is 1. The number of carbonyl (C=O) groups excluding carboxylic acids is 1. The van der Waals surface area contributed by atoms with Gasteiger partial charge in [-0.25, -0.2) is 4.79 Å². The van der Waals surface area contributed by atoms with Crippen molar-refractivity contribution in [2.24, 2.45) is 5.16 Å². The van der Waals surface area contributed by atoms with E-state index < -0.39 is 18.0 Å². The Balaban J connectivity index is 1.94. The SMILES string of the molecule is Cc1ccc(NC(=O)C2CC(C(=O)O)=NO2)cn1. The minimum atomic E-state index is -1.18. The lowest BCUT2D eigenvalue weighted by Gasteiger charge is -2.08. The molecule has 2 heterocycles. The molecule has 1 amide bonds. The van der Waals surface area contributed by atoms with E-state index in [1.165, 1.54) is 6.20 Å². The molecule has 1 atom stereocenters. The van der Waals surface area contributed by atoms with Crippen molar-refractivity contribution in [1.29, 1.82) is 0 Å². The van der Waals surface area contributed by atoms with Crippen LogP contribution in [0.4, 0.5) is 5.69 Å². The van der Waals surface area contributed by atoms with Gasteiger partial charge >= 0.3 is 5.97 Å². The number of carbonyl (C=O) groups is 2. The second-order valence-corrected chi connectivity index (χ2v) is 3.82. The van der Waals surface area contributed by atoms with Gasteiger partial charge in [-0.2, -0.15) is 0 Å². The van der Waals surface area contributed by atoms with Crippen molar-refractivity contribution in [1.82, 2.24) is 4.98 Å². The van der Waals surface area contributed by atoms with Gasteiger partial charge in [0, 0.05) is 12.1 Å². The number of aromatic nitrogens is 1. The molecule has 94 valence electrons. The lowest BCUT2D eigenvalue weighted by Crippen LogP contribution is -2.28. The molecule has 0 saturated heterocycles. The fourth-order valence-corrected chi connectivity index (χ4v) is 1.41. The maximum absolute atomic E-state index is 11.7. The summed E-state index contributed by atoms with van der Waals surface area (Å²) in [6.07, 6.45) is 0.569. The van der Waals surface area contributed by atoms with E-state index in [1.54, 1.807) is 12.1 Å². The van der Waals surface area contributed by atoms with E-state index in [2.05, 4.69) is 15.5 Å². The van der Waals surface area contributed by atoms with E-state index in [9.17, 15) is 9.59 Å². The van der Waals surface area contributed by atoms with E-state index in [1.807, 2.05) is 6.92 Å². The molecule has 2 rings (SSSR count). The van der Waals surface area contributed by atoms with Crippen LogP contribution in [-0.4, -0.2) is 33.8 Å². The van der Waals surface area contributed by atoms with Crippen LogP contribution in [0.1, 0.15) is 12.1 Å². The third-order valence-corrected chi connectivity index (χ3v) is 2.39. The summed E-state index contributed by atoms with van der Waals surface area (Å²) in [5.41, 5.74) is 1.21. The highest BCUT2D eigenvalue weighted by Crippen LogP contribution is 2.14. The number of carboxylic acid groups (broad SMARTS) is 1. The van der Waals surface area contributed by atoms with E-state index in [0.717, 1.165) is 5.69 Å². The van der Waals surface area contributed by atoms with Crippen molar-refractivity contribution in [3.63, 3.8) is 0 Å². The molecule has 1 aromatic rings. The number of pyridine rings is 1. The number of anilines is 1. The summed E-state index contributed by atoms with van der Waals surface area (Å²) in [6, 6.07) is 3.46. The monoisotopic (exact) mass is 249 g/mol. The summed E-state index contributed by atoms with van der Waals surface area (Å²) in [7, 11) is 0. The number of nitrogens with one attached hydrogen (secondary N) is 1. The summed E-state index contributed by atoms with van der Waals surface area (Å²) in [5.74, 6) is -1.62. The van der Waals surface area contributed by atoms with E-state index in [0.29, 0.717) is 5.69 Å². The number of aliphatic carboxylic acids is 1. The maximum atomic E-state index is 11.7. The van der Waals surface area contributed by atoms with Crippen molar-refractivity contribution in [3.05, 3.63) is 24.0 Å². The highest BCUT2D eigenvalue weighted by Gasteiger charge is 2.31. The molecule has 7 nitrogen and oxygen atoms in total. The first-order valence-electron chi connectivity index (χ1n) is 5.26. The molecule has 0 saturated carbocycles. The van der Waals surface area contributed by atoms with Crippen LogP contribution < -0.4 is 5.32 Å². The zero-order chi connectivity index (χ0) is 13.1. The van der Waals surface area contributed by atoms with Crippen LogP contribution in [0.5, 0.6) is 0 Å². The van der Waals surface area contributed by atoms with Crippen LogP contribution in [0.3, 0.4) is 0 Å². The lowest BCUT2D eigenvalue weighted by molar-refractivity contribution is -0.129. The van der Waals surface area contributed by atoms with Crippen LogP contribution in [0, 0.1) is 6.92 Å². The first-order valence-corrected chi connectivity index (χ1v) is 5.26. The first kappa shape index (κ1) is 12.0. The minimum Gasteiger partial charge on any atom is -0.477 e. The topological polar surface area (TPSA) is 101 Å². The summed E-state index contributed by atoms with van der Waals surface area (Å²) in [4.78, 5) is 31.1. The van der Waals surface area contributed by atoms with E-state index in [4.69, 9.17) is 9.94 Å². The number of hydrogen-bond acceptors (Lipinski definition) is 5. The highest BCUT2D eigenvalue weighted by molar-refractivity contribution is 6.36. The van der Waals surface area contributed by atoms with Gasteiger partial charge in [-0.05, 0) is 19.1 Å². The molecule has 18 heavy (non-hydrogen) atoms. The molecule has 1 aliphatic rings. The number of amides is 1. The molecule has 0 aromatic carbocycles. The standard InChI is InChI=1S/C11H11N3O4/c1-6-2-3-7(5-12-6)13-10(15)9-4-8(11(16)17)14-18-9/h2-3,5,9H,4H2,1H3,(H,13,15)(H,16,17). The molecule has 7 heteroatoms. The predicted molar refractivity (Wildman–Crippen MR) is 62.2 cm³/mol. The van der Waals surface area contributed by atoms with Crippen LogP contribution in [-0.2, 0) is 14.4 Å². The van der Waals surface area contributed by atoms with Gasteiger partial charge < -0.3 is 15.3 Å². The predicted octanol–water partition coefficient (Wildman–Crippen LogP) is 0.558. The Morgan fingerprint density at radius 3 is 2.83 bits per heavy atom. The van der Waals surface area contributed by atoms with Crippen LogP contribution in [0.15, 0.2) is 23.5 Å². The van der Waals surface area contributed by atoms with Gasteiger partial charge in [-0.3, -0.25) is 9.78 Å². The Hall–Kier alpha value is -2.44. The summed E-state index contributed by atoms with van der Waals surface area (Å²) < 4.78 is 0. The number of oxime groups is 1. The number of hydrogen-bond donors (Lipinski definition) is 2. The molecule has 1 aromatic heterocycles. The van der Waals surface area contributed by atoms with Crippen molar-refractivity contribution in [2.45, 2.75) is 19.4 Å². The van der Waals surface area contributed by atoms with Crippen molar-refractivity contribution in [2.75, 3.05) is 5.32 Å². The summed E-state index contributed by atoms with van der Waals surface area (Å²) >= 11 is 0. The van der Waals surface area contributed by atoms with Gasteiger partial charge in [0.05, 0.1) is 11.9 Å². The normalized spacial score (nSPS) is 17.8. The molecule has 0 aliphatic carbocycles. The third kappa shape index (κ3) is 2.62. The highest BCUT2D eigenvalue weighted by atomic mass is 16.6. The van der Waals surface area contributed by atoms with Gasteiger partial charge in [0.25, 0.3) is 5.91 Å². The average Bonchev–Trinajstić information content (AvgIpc) is 2.81. The van der Waals surface area contributed by atoms with E-state index in [-0.39, 0.29) is 12.1 Å². The lowest BCUT2D eigenvalue weighted by atomic mass is 10.1. The Bertz CT molecular complexity index is 510. The van der Waals surface area contributed by atoms with Crippen molar-refractivity contribution >= 4 is 23.3 Å². The van der Waals surface area contributed by atoms with Crippen molar-refractivity contribution < 1.29 is 19.5 Å². The molecule has 0 bridgehead atoms. The Morgan fingerprint density at radius 1 is 1.50 bits per heavy atom. The van der Waals surface area contributed by atoms with Gasteiger partial charge in [-0.1, -0.05) is 5.16 Å². The number of rotatable bonds is 3. The second kappa shape index (κ2) is 4.82. The molecule has 0 spiro atoms. The molecular weight excluding hydrogens is 238 g/mol. The largest absolute Gasteiger partial charge is 0.477 e. The summed E-state index contributed by atoms with van der Waals surface area (Å²) in [6.45, 7) is 1.83. The molecule has 0 radical (unpaired) electrons. The Morgan fingerprint density at radius 2 is 2.28 bits per heavy atom. The van der Waals surface area contributed by atoms with Crippen molar-refractivity contribution in [3.8, 4) is 0 Å². The zero-order valence-electron chi connectivity index (χ0n) is 9.58. The third-order valence-electron chi connectivity index (χ3n) is 2.39. The smallest absolute Gasteiger partial charge is 0.353 e. The molecule has 1 unspecified atom stereocenters. The first-order chi connectivity index (χ1) is 8.56. The fourth-order valence-electron chi connectivity index (χ4n) is 1.41. The maximum Gasteiger partial charge on any atom is 0.353 e. The molecule has 1 aliphatic heterocycles. The number of aryl methyl sites for hydroxylation is 1. The van der Waals surface area contributed by atoms with Crippen LogP contribution >= 0.6 is 0 Å². The number of nitrogens with zero attached hydrogens (tertiary/aromatic N) is 2.